The predicted octanol–water partition coefficient (Wildman–Crippen LogP) is 12.2. The molecule has 5 heteroatoms. The smallest absolute Gasteiger partial charge is 0.664 e. The Labute approximate surface area is 288 Å². The molecule has 0 aromatic rings. The molecule has 0 aromatic heterocycles. The van der Waals surface area contributed by atoms with E-state index in [9.17, 15) is 0 Å². The summed E-state index contributed by atoms with van der Waals surface area (Å²) in [4.78, 5) is 0. The van der Waals surface area contributed by atoms with Crippen molar-refractivity contribution in [3.63, 3.8) is 0 Å². The van der Waals surface area contributed by atoms with Crippen LogP contribution in [0.2, 0.25) is 0 Å². The third-order valence-electron chi connectivity index (χ3n) is 7.16. The Morgan fingerprint density at radius 3 is 0.467 bits per heavy atom. The summed E-state index contributed by atoms with van der Waals surface area (Å²) in [6.45, 7) is 0. The van der Waals surface area contributed by atoms with Crippen LogP contribution >= 0.6 is 0 Å². The van der Waals surface area contributed by atoms with E-state index < -0.39 is 0 Å². The van der Waals surface area contributed by atoms with E-state index >= 15 is 0 Å². The van der Waals surface area contributed by atoms with Crippen LogP contribution in [0, 0.1) is 0 Å². The first-order chi connectivity index (χ1) is 21.8. The number of allylic oxidation sites excluding steroid dienone is 24. The van der Waals surface area contributed by atoms with E-state index in [1.165, 1.54) is 45.6 Å². The molecule has 45 heavy (non-hydrogen) atoms. The molecule has 0 aromatic carbocycles. The van der Waals surface area contributed by atoms with Gasteiger partial charge in [-0.2, -0.15) is 45.6 Å². The third kappa shape index (κ3) is 12.4. The fraction of sp³-hybridized carbons (Fsp3) is 0.200. The molecule has 0 N–H and O–H groups in total. The zero-order chi connectivity index (χ0) is 30.1. The quantitative estimate of drug-likeness (QED) is 0.247. The third-order valence-corrected chi connectivity index (χ3v) is 7.16. The van der Waals surface area contributed by atoms with Crippen molar-refractivity contribution in [1.29, 1.82) is 0 Å². The molecule has 0 amide bonds. The van der Waals surface area contributed by atoms with Gasteiger partial charge in [-0.3, -0.25) is 0 Å². The number of nitrogens with zero attached hydrogens (tertiary/aromatic N) is 4. The van der Waals surface area contributed by atoms with E-state index in [-0.39, 0.29) is 26.2 Å². The molecular weight excluding hydrogens is 628 g/mol. The molecule has 0 fully saturated rings. The molecule has 0 radical (unpaired) electrons. The minimum absolute atomic E-state index is 0. The van der Waals surface area contributed by atoms with Gasteiger partial charge in [-0.15, -0.1) is 0 Å². The largest absolute Gasteiger partial charge is 4.00 e. The van der Waals surface area contributed by atoms with Gasteiger partial charge >= 0.3 is 26.2 Å². The van der Waals surface area contributed by atoms with Crippen molar-refractivity contribution in [3.8, 4) is 0 Å². The monoisotopic (exact) mass is 666 g/mol. The van der Waals surface area contributed by atoms with Gasteiger partial charge in [-0.1, -0.05) is 146 Å². The number of rotatable bonds is 8. The van der Waals surface area contributed by atoms with Crippen LogP contribution in [0.25, 0.3) is 21.3 Å². The Hall–Kier alpha value is -4.08. The normalized spacial score (nSPS) is 19.9. The summed E-state index contributed by atoms with van der Waals surface area (Å²) in [5.41, 5.74) is 9.44. The molecule has 4 nitrogen and oxygen atoms in total. The van der Waals surface area contributed by atoms with Crippen molar-refractivity contribution in [3.05, 3.63) is 213 Å². The summed E-state index contributed by atoms with van der Waals surface area (Å²) in [5.74, 6) is 0. The van der Waals surface area contributed by atoms with Crippen LogP contribution in [0.4, 0.5) is 0 Å². The zero-order valence-corrected chi connectivity index (χ0v) is 28.3. The first-order valence-corrected chi connectivity index (χ1v) is 15.5. The molecule has 0 bridgehead atoms. The molecule has 0 spiro atoms. The maximum atomic E-state index is 4.47. The van der Waals surface area contributed by atoms with Crippen molar-refractivity contribution in [1.82, 2.24) is 0 Å². The second-order valence-electron chi connectivity index (χ2n) is 10.8. The van der Waals surface area contributed by atoms with Gasteiger partial charge in [0.2, 0.25) is 0 Å². The Bertz CT molecular complexity index is 1190. The standard InChI is InChI=1S/4C10H10N.Zr/c4*1-2-6-9(5-1)11-10-7-3-4-8-10;/h4*1-5,7H,6,8H2;/q4*-1;+4. The Balaban J connectivity index is 0.000000136. The van der Waals surface area contributed by atoms with Crippen LogP contribution in [0.15, 0.2) is 191 Å². The summed E-state index contributed by atoms with van der Waals surface area (Å²) < 4.78 is 0. The van der Waals surface area contributed by atoms with E-state index in [0.717, 1.165) is 51.4 Å². The Morgan fingerprint density at radius 1 is 0.244 bits per heavy atom. The van der Waals surface area contributed by atoms with Gasteiger partial charge in [0.25, 0.3) is 0 Å². The second kappa shape index (κ2) is 19.3. The topological polar surface area (TPSA) is 56.4 Å². The molecule has 8 aliphatic rings. The molecule has 0 heterocycles. The Morgan fingerprint density at radius 2 is 0.378 bits per heavy atom. The molecule has 224 valence electrons. The molecule has 0 unspecified atom stereocenters. The predicted molar refractivity (Wildman–Crippen MR) is 188 cm³/mol. The maximum Gasteiger partial charge on any atom is 4.00 e. The van der Waals surface area contributed by atoms with E-state index in [1.54, 1.807) is 0 Å². The van der Waals surface area contributed by atoms with Crippen LogP contribution in [0.5, 0.6) is 0 Å². The number of hydrogen-bond donors (Lipinski definition) is 0. The average Bonchev–Trinajstić information content (AvgIpc) is 3.88. The molecule has 0 saturated carbocycles. The number of hydrogen-bond acceptors (Lipinski definition) is 0. The van der Waals surface area contributed by atoms with E-state index in [2.05, 4.69) is 167 Å². The van der Waals surface area contributed by atoms with E-state index in [0.29, 0.717) is 0 Å². The van der Waals surface area contributed by atoms with Crippen molar-refractivity contribution >= 4 is 0 Å². The van der Waals surface area contributed by atoms with Crippen LogP contribution in [0.1, 0.15) is 51.4 Å². The van der Waals surface area contributed by atoms with Crippen molar-refractivity contribution < 1.29 is 26.2 Å². The summed E-state index contributed by atoms with van der Waals surface area (Å²) in [6, 6.07) is 0. The Kier molecular flexibility index (Phi) is 14.5. The van der Waals surface area contributed by atoms with E-state index in [4.69, 9.17) is 0 Å². The first kappa shape index (κ1) is 33.8. The molecule has 8 aliphatic carbocycles. The summed E-state index contributed by atoms with van der Waals surface area (Å²) in [6.07, 6.45) is 58.0. The summed E-state index contributed by atoms with van der Waals surface area (Å²) in [7, 11) is 0. The van der Waals surface area contributed by atoms with Crippen LogP contribution in [0.3, 0.4) is 0 Å². The first-order valence-electron chi connectivity index (χ1n) is 15.5. The van der Waals surface area contributed by atoms with Crippen LogP contribution < -0.4 is 0 Å². The van der Waals surface area contributed by atoms with Gasteiger partial charge < -0.3 is 21.3 Å². The average molecular weight is 668 g/mol. The minimum Gasteiger partial charge on any atom is -0.664 e. The summed E-state index contributed by atoms with van der Waals surface area (Å²) >= 11 is 0. The van der Waals surface area contributed by atoms with Crippen LogP contribution in [-0.4, -0.2) is 0 Å². The molecule has 0 aliphatic heterocycles. The molecule has 0 saturated heterocycles. The fourth-order valence-electron chi connectivity index (χ4n) is 4.89. The van der Waals surface area contributed by atoms with Gasteiger partial charge in [-0.25, -0.2) is 0 Å². The molecule has 8 rings (SSSR count). The molecular formula is C40H40N4Zr. The van der Waals surface area contributed by atoms with E-state index in [1.807, 2.05) is 0 Å². The molecule has 0 atom stereocenters. The SMILES string of the molecule is C1=CCC([N-]C2=CC=CC2)=C1.C1=CCC([N-]C2=CC=CC2)=C1.C1=CCC([N-]C2=CC=CC2)=C1.C1=CCC([N-]C2=CC=CC2)=C1.[Zr+4]. The van der Waals surface area contributed by atoms with Crippen LogP contribution in [-0.2, 0) is 26.2 Å². The minimum atomic E-state index is 0. The van der Waals surface area contributed by atoms with Gasteiger partial charge in [0, 0.05) is 0 Å². The van der Waals surface area contributed by atoms with Gasteiger partial charge in [0.05, 0.1) is 0 Å². The summed E-state index contributed by atoms with van der Waals surface area (Å²) in [5, 5.41) is 17.9. The van der Waals surface area contributed by atoms with Gasteiger partial charge in [-0.05, 0) is 51.4 Å². The van der Waals surface area contributed by atoms with Crippen molar-refractivity contribution in [2.24, 2.45) is 0 Å². The maximum absolute atomic E-state index is 4.47. The van der Waals surface area contributed by atoms with Crippen molar-refractivity contribution in [2.45, 2.75) is 51.4 Å². The van der Waals surface area contributed by atoms with Gasteiger partial charge in [0.15, 0.2) is 0 Å². The van der Waals surface area contributed by atoms with Crippen molar-refractivity contribution in [2.75, 3.05) is 0 Å². The zero-order valence-electron chi connectivity index (χ0n) is 25.8. The fourth-order valence-corrected chi connectivity index (χ4v) is 4.89. The second-order valence-corrected chi connectivity index (χ2v) is 10.8. The van der Waals surface area contributed by atoms with Gasteiger partial charge in [0.1, 0.15) is 0 Å².